The van der Waals surface area contributed by atoms with Crippen molar-refractivity contribution >= 4 is 57.1 Å². The number of carbonyl (C=O) groups is 2. The molecule has 57 heavy (non-hydrogen) atoms. The van der Waals surface area contributed by atoms with Crippen LogP contribution in [0.3, 0.4) is 0 Å². The molecule has 8 aromatic rings. The first kappa shape index (κ1) is 37.3. The van der Waals surface area contributed by atoms with Gasteiger partial charge < -0.3 is 34.4 Å². The minimum absolute atomic E-state index is 0.124. The van der Waals surface area contributed by atoms with Gasteiger partial charge in [-0.1, -0.05) is 103 Å². The average molecular weight is 795 g/mol. The van der Waals surface area contributed by atoms with Crippen LogP contribution in [-0.2, 0) is 13.0 Å². The third kappa shape index (κ3) is 7.65. The third-order valence-corrected chi connectivity index (χ3v) is 10.8. The van der Waals surface area contributed by atoms with Crippen molar-refractivity contribution in [1.82, 2.24) is 9.97 Å². The zero-order valence-electron chi connectivity index (χ0n) is 30.5. The lowest BCUT2D eigenvalue weighted by Gasteiger charge is -2.16. The van der Waals surface area contributed by atoms with Crippen molar-refractivity contribution in [1.29, 1.82) is 0 Å². The van der Waals surface area contributed by atoms with Gasteiger partial charge in [0.15, 0.2) is 11.5 Å². The summed E-state index contributed by atoms with van der Waals surface area (Å²) in [6, 6.07) is 42.3. The second kappa shape index (κ2) is 16.2. The summed E-state index contributed by atoms with van der Waals surface area (Å²) in [4.78, 5) is 30.9. The molecule has 9 nitrogen and oxygen atoms in total. The van der Waals surface area contributed by atoms with Crippen LogP contribution >= 0.6 is 23.4 Å². The summed E-state index contributed by atoms with van der Waals surface area (Å²) in [6.45, 7) is 0.505. The minimum Gasteiger partial charge on any atom is -0.489 e. The molecule has 0 bridgehead atoms. The highest BCUT2D eigenvalue weighted by molar-refractivity contribution is 7.98. The second-order valence-corrected chi connectivity index (χ2v) is 14.5. The van der Waals surface area contributed by atoms with E-state index in [1.807, 2.05) is 122 Å². The van der Waals surface area contributed by atoms with Gasteiger partial charge in [-0.05, 0) is 64.9 Å². The number of aromatic amines is 2. The van der Waals surface area contributed by atoms with Crippen LogP contribution in [0.4, 0.5) is 0 Å². The van der Waals surface area contributed by atoms with Crippen molar-refractivity contribution in [2.24, 2.45) is 0 Å². The van der Waals surface area contributed by atoms with Gasteiger partial charge in [-0.2, -0.15) is 0 Å². The Labute approximate surface area is 336 Å². The molecule has 1 aliphatic heterocycles. The summed E-state index contributed by atoms with van der Waals surface area (Å²) in [6.07, 6.45) is 2.44. The van der Waals surface area contributed by atoms with Crippen LogP contribution in [0.5, 0.6) is 17.2 Å². The quantitative estimate of drug-likeness (QED) is 0.101. The Morgan fingerprint density at radius 3 is 1.98 bits per heavy atom. The molecule has 0 aliphatic carbocycles. The second-order valence-electron chi connectivity index (χ2n) is 13.2. The van der Waals surface area contributed by atoms with Crippen LogP contribution in [0.2, 0.25) is 5.02 Å². The highest BCUT2D eigenvalue weighted by Gasteiger charge is 2.25. The predicted molar refractivity (Wildman–Crippen MR) is 224 cm³/mol. The highest BCUT2D eigenvalue weighted by Crippen LogP contribution is 2.43. The molecule has 0 spiro atoms. The van der Waals surface area contributed by atoms with E-state index in [-0.39, 0.29) is 18.2 Å². The van der Waals surface area contributed by atoms with Crippen molar-refractivity contribution in [2.75, 3.05) is 13.0 Å². The summed E-state index contributed by atoms with van der Waals surface area (Å²) in [5, 5.41) is 21.6. The number of carboxylic acids is 2. The highest BCUT2D eigenvalue weighted by atomic mass is 35.5. The van der Waals surface area contributed by atoms with Gasteiger partial charge in [-0.3, -0.25) is 0 Å². The Bertz CT molecular complexity index is 2750. The molecule has 284 valence electrons. The smallest absolute Gasteiger partial charge is 0.352 e. The van der Waals surface area contributed by atoms with E-state index < -0.39 is 11.9 Å². The van der Waals surface area contributed by atoms with Crippen LogP contribution in [0.1, 0.15) is 37.7 Å². The molecule has 11 heteroatoms. The number of thioether (sulfide) groups is 1. The summed E-state index contributed by atoms with van der Waals surface area (Å²) in [5.74, 6) is -0.0924. The lowest BCUT2D eigenvalue weighted by molar-refractivity contribution is 0.0681. The van der Waals surface area contributed by atoms with Gasteiger partial charge >= 0.3 is 11.9 Å². The van der Waals surface area contributed by atoms with Gasteiger partial charge in [-0.25, -0.2) is 9.59 Å². The Kier molecular flexibility index (Phi) is 10.6. The molecule has 0 amide bonds. The van der Waals surface area contributed by atoms with E-state index in [1.165, 1.54) is 4.90 Å². The number of aromatic carboxylic acids is 2. The van der Waals surface area contributed by atoms with Crippen LogP contribution in [-0.4, -0.2) is 45.2 Å². The summed E-state index contributed by atoms with van der Waals surface area (Å²) in [7, 11) is 0. The zero-order chi connectivity index (χ0) is 39.5. The molecule has 0 saturated heterocycles. The van der Waals surface area contributed by atoms with Crippen molar-refractivity contribution < 1.29 is 34.0 Å². The molecule has 1 aliphatic rings. The number of fused-ring (bicyclic) bond motifs is 3. The molecular formula is C46H35ClN2O7S. The Balaban J connectivity index is 0.000000210. The lowest BCUT2D eigenvalue weighted by atomic mass is 9.94. The fraction of sp³-hybridized carbons (Fsp3) is 0.0870. The van der Waals surface area contributed by atoms with Crippen LogP contribution in [0, 0.1) is 0 Å². The number of para-hydroxylation sites is 1. The van der Waals surface area contributed by atoms with E-state index in [0.717, 1.165) is 49.7 Å². The molecule has 0 unspecified atom stereocenters. The average Bonchev–Trinajstić information content (AvgIpc) is 3.97. The van der Waals surface area contributed by atoms with Gasteiger partial charge in [0.2, 0.25) is 6.79 Å². The fourth-order valence-electron chi connectivity index (χ4n) is 7.08. The van der Waals surface area contributed by atoms with Gasteiger partial charge in [0.25, 0.3) is 0 Å². The molecule has 4 N–H and O–H groups in total. The molecule has 0 fully saturated rings. The van der Waals surface area contributed by atoms with E-state index in [0.29, 0.717) is 46.4 Å². The van der Waals surface area contributed by atoms with Gasteiger partial charge in [0.1, 0.15) is 23.7 Å². The number of benzene rings is 6. The molecule has 3 heterocycles. The first-order chi connectivity index (χ1) is 27.8. The minimum atomic E-state index is -1.03. The third-order valence-electron chi connectivity index (χ3n) is 9.75. The first-order valence-corrected chi connectivity index (χ1v) is 19.6. The largest absolute Gasteiger partial charge is 0.489 e. The van der Waals surface area contributed by atoms with Gasteiger partial charge in [0, 0.05) is 60.9 Å². The van der Waals surface area contributed by atoms with Crippen LogP contribution in [0.25, 0.3) is 44.1 Å². The predicted octanol–water partition coefficient (Wildman–Crippen LogP) is 11.3. The van der Waals surface area contributed by atoms with Crippen molar-refractivity contribution in [3.63, 3.8) is 0 Å². The number of hydrogen-bond acceptors (Lipinski definition) is 6. The zero-order valence-corrected chi connectivity index (χ0v) is 32.1. The lowest BCUT2D eigenvalue weighted by Crippen LogP contribution is -2.02. The van der Waals surface area contributed by atoms with Gasteiger partial charge in [-0.15, -0.1) is 11.8 Å². The number of halogens is 1. The van der Waals surface area contributed by atoms with Crippen LogP contribution in [0.15, 0.2) is 138 Å². The molecule has 0 radical (unpaired) electrons. The molecule has 2 aromatic heterocycles. The molecule has 6 aromatic carbocycles. The Morgan fingerprint density at radius 1 is 0.719 bits per heavy atom. The maximum atomic E-state index is 12.3. The normalized spacial score (nSPS) is 11.7. The molecule has 9 rings (SSSR count). The van der Waals surface area contributed by atoms with E-state index in [9.17, 15) is 19.8 Å². The molecular weight excluding hydrogens is 760 g/mol. The Morgan fingerprint density at radius 2 is 1.32 bits per heavy atom. The number of nitrogens with one attached hydrogen (secondary N) is 2. The maximum absolute atomic E-state index is 12.3. The number of ether oxygens (including phenoxy) is 3. The van der Waals surface area contributed by atoms with E-state index >= 15 is 0 Å². The Hall–Kier alpha value is -6.62. The monoisotopic (exact) mass is 794 g/mol. The van der Waals surface area contributed by atoms with E-state index in [1.54, 1.807) is 17.8 Å². The summed E-state index contributed by atoms with van der Waals surface area (Å²) >= 11 is 8.38. The van der Waals surface area contributed by atoms with Gasteiger partial charge in [0.05, 0.1) is 0 Å². The number of rotatable bonds is 10. The van der Waals surface area contributed by atoms with E-state index in [2.05, 4.69) is 22.1 Å². The van der Waals surface area contributed by atoms with Crippen LogP contribution < -0.4 is 14.2 Å². The number of aromatic nitrogens is 2. The topological polar surface area (TPSA) is 134 Å². The molecule has 0 saturated carbocycles. The molecule has 0 atom stereocenters. The SMILES string of the molecule is CSc1ccc(COc2ccc3[nH]c(C(=O)O)c(-c4ccccc4)c3c2Cc2cc3c(cc2Cl)OCO3)cc1.O=C(O)c1[nH]c2ccccc2c1-c1ccccc1. The maximum Gasteiger partial charge on any atom is 0.352 e. The standard InChI is InChI=1S/C31H24ClNO5S.C15H11NO2/c1-39-21-9-7-18(8-10-21)16-36-25-12-11-24-29(28(30(33-24)31(34)35)19-5-3-2-4-6-19)22(25)13-20-14-26-27(15-23(20)32)38-17-37-26;17-15(18)14-13(10-6-2-1-3-7-10)11-8-4-5-9-12(11)16-14/h2-12,14-15,33H,13,16-17H2,1H3,(H,34,35);1-9,16H,(H,17,18). The summed E-state index contributed by atoms with van der Waals surface area (Å²) < 4.78 is 17.5. The number of H-pyrrole nitrogens is 2. The van der Waals surface area contributed by atoms with E-state index in [4.69, 9.17) is 25.8 Å². The first-order valence-electron chi connectivity index (χ1n) is 18.0. The number of carboxylic acid groups (broad SMARTS) is 2. The fourth-order valence-corrected chi connectivity index (χ4v) is 7.71. The number of hydrogen-bond donors (Lipinski definition) is 4. The van der Waals surface area contributed by atoms with Crippen molar-refractivity contribution in [3.05, 3.63) is 167 Å². The van der Waals surface area contributed by atoms with Crippen molar-refractivity contribution in [2.45, 2.75) is 17.9 Å². The summed E-state index contributed by atoms with van der Waals surface area (Å²) in [5.41, 5.74) is 7.65. The van der Waals surface area contributed by atoms with Crippen molar-refractivity contribution in [3.8, 4) is 39.5 Å².